The second-order valence-electron chi connectivity index (χ2n) is 3.37. The second-order valence-corrected chi connectivity index (χ2v) is 4.35. The van der Waals surface area contributed by atoms with Crippen molar-refractivity contribution in [3.05, 3.63) is 46.2 Å². The lowest BCUT2D eigenvalue weighted by atomic mass is 10.1. The van der Waals surface area contributed by atoms with E-state index in [1.165, 1.54) is 30.6 Å². The predicted molar refractivity (Wildman–Crippen MR) is 63.1 cm³/mol. The van der Waals surface area contributed by atoms with Gasteiger partial charge in [-0.1, -0.05) is 0 Å². The van der Waals surface area contributed by atoms with Crippen molar-refractivity contribution in [3.63, 3.8) is 0 Å². The van der Waals surface area contributed by atoms with Crippen LogP contribution in [-0.2, 0) is 6.42 Å². The number of hydrogen-bond donors (Lipinski definition) is 0. The van der Waals surface area contributed by atoms with E-state index in [2.05, 4.69) is 4.98 Å². The SMILES string of the molecule is COc1ccc(C(=O)Cc2nccs2)c(F)c1. The van der Waals surface area contributed by atoms with E-state index < -0.39 is 5.82 Å². The Morgan fingerprint density at radius 1 is 1.53 bits per heavy atom. The maximum Gasteiger partial charge on any atom is 0.172 e. The van der Waals surface area contributed by atoms with E-state index >= 15 is 0 Å². The first kappa shape index (κ1) is 11.7. The van der Waals surface area contributed by atoms with E-state index in [1.54, 1.807) is 17.6 Å². The summed E-state index contributed by atoms with van der Waals surface area (Å²) < 4.78 is 18.5. The van der Waals surface area contributed by atoms with E-state index in [9.17, 15) is 9.18 Å². The number of halogens is 1. The minimum Gasteiger partial charge on any atom is -0.497 e. The molecule has 0 amide bonds. The van der Waals surface area contributed by atoms with Gasteiger partial charge >= 0.3 is 0 Å². The molecule has 0 saturated heterocycles. The molecule has 88 valence electrons. The van der Waals surface area contributed by atoms with Crippen molar-refractivity contribution in [1.29, 1.82) is 0 Å². The summed E-state index contributed by atoms with van der Waals surface area (Å²) in [6, 6.07) is 4.21. The van der Waals surface area contributed by atoms with Crippen LogP contribution in [0.1, 0.15) is 15.4 Å². The number of hydrogen-bond acceptors (Lipinski definition) is 4. The van der Waals surface area contributed by atoms with Crippen molar-refractivity contribution in [2.45, 2.75) is 6.42 Å². The van der Waals surface area contributed by atoms with E-state index in [0.29, 0.717) is 10.8 Å². The monoisotopic (exact) mass is 251 g/mol. The molecule has 0 spiro atoms. The van der Waals surface area contributed by atoms with Crippen LogP contribution in [-0.4, -0.2) is 17.9 Å². The van der Waals surface area contributed by atoms with E-state index in [0.717, 1.165) is 0 Å². The van der Waals surface area contributed by atoms with Gasteiger partial charge in [-0.05, 0) is 12.1 Å². The molecule has 0 aliphatic carbocycles. The number of methoxy groups -OCH3 is 1. The molecule has 0 aliphatic rings. The molecule has 2 rings (SSSR count). The third-order valence-electron chi connectivity index (χ3n) is 2.27. The van der Waals surface area contributed by atoms with Gasteiger partial charge in [0.25, 0.3) is 0 Å². The van der Waals surface area contributed by atoms with Gasteiger partial charge in [0.2, 0.25) is 0 Å². The van der Waals surface area contributed by atoms with Gasteiger partial charge in [-0.3, -0.25) is 4.79 Å². The van der Waals surface area contributed by atoms with Gasteiger partial charge < -0.3 is 4.74 Å². The summed E-state index contributed by atoms with van der Waals surface area (Å²) in [5.41, 5.74) is 0.0704. The van der Waals surface area contributed by atoms with Gasteiger partial charge in [0.15, 0.2) is 5.78 Å². The highest BCUT2D eigenvalue weighted by molar-refractivity contribution is 7.09. The number of aromatic nitrogens is 1. The Kier molecular flexibility index (Phi) is 3.49. The van der Waals surface area contributed by atoms with Crippen LogP contribution in [0.2, 0.25) is 0 Å². The first-order valence-corrected chi connectivity index (χ1v) is 5.84. The van der Waals surface area contributed by atoms with Crippen LogP contribution in [0.5, 0.6) is 5.75 Å². The molecular weight excluding hydrogens is 241 g/mol. The molecule has 0 saturated carbocycles. The molecule has 0 aliphatic heterocycles. The van der Waals surface area contributed by atoms with Crippen LogP contribution < -0.4 is 4.74 Å². The first-order chi connectivity index (χ1) is 8.20. The van der Waals surface area contributed by atoms with Crippen LogP contribution in [0, 0.1) is 5.82 Å². The lowest BCUT2D eigenvalue weighted by Gasteiger charge is -2.03. The van der Waals surface area contributed by atoms with Crippen molar-refractivity contribution in [3.8, 4) is 5.75 Å². The van der Waals surface area contributed by atoms with Gasteiger partial charge in [0.05, 0.1) is 19.1 Å². The Morgan fingerprint density at radius 2 is 2.35 bits per heavy atom. The summed E-state index contributed by atoms with van der Waals surface area (Å²) in [6.45, 7) is 0. The third-order valence-corrected chi connectivity index (χ3v) is 3.05. The molecule has 0 radical (unpaired) electrons. The van der Waals surface area contributed by atoms with Crippen molar-refractivity contribution in [1.82, 2.24) is 4.98 Å². The van der Waals surface area contributed by atoms with Crippen LogP contribution in [0.15, 0.2) is 29.8 Å². The van der Waals surface area contributed by atoms with Gasteiger partial charge in [0, 0.05) is 17.6 Å². The van der Waals surface area contributed by atoms with E-state index in [1.807, 2.05) is 0 Å². The van der Waals surface area contributed by atoms with Gasteiger partial charge in [-0.25, -0.2) is 9.37 Å². The molecule has 0 atom stereocenters. The van der Waals surface area contributed by atoms with Crippen molar-refractivity contribution in [2.24, 2.45) is 0 Å². The normalized spacial score (nSPS) is 10.2. The molecule has 1 aromatic carbocycles. The number of nitrogens with zero attached hydrogens (tertiary/aromatic N) is 1. The van der Waals surface area contributed by atoms with E-state index in [-0.39, 0.29) is 17.8 Å². The lowest BCUT2D eigenvalue weighted by molar-refractivity contribution is 0.0989. The highest BCUT2D eigenvalue weighted by Crippen LogP contribution is 2.18. The predicted octanol–water partition coefficient (Wildman–Crippen LogP) is 2.72. The number of carbonyl (C=O) groups excluding carboxylic acids is 1. The molecule has 1 aromatic heterocycles. The molecule has 2 aromatic rings. The largest absolute Gasteiger partial charge is 0.497 e. The highest BCUT2D eigenvalue weighted by Gasteiger charge is 2.14. The average molecular weight is 251 g/mol. The number of ketones is 1. The van der Waals surface area contributed by atoms with Gasteiger partial charge in [-0.2, -0.15) is 0 Å². The molecule has 0 N–H and O–H groups in total. The quantitative estimate of drug-likeness (QED) is 0.784. The smallest absolute Gasteiger partial charge is 0.172 e. The Balaban J connectivity index is 2.19. The van der Waals surface area contributed by atoms with Crippen molar-refractivity contribution in [2.75, 3.05) is 7.11 Å². The molecule has 0 unspecified atom stereocenters. The summed E-state index contributed by atoms with van der Waals surface area (Å²) in [6.07, 6.45) is 1.75. The zero-order chi connectivity index (χ0) is 12.3. The van der Waals surface area contributed by atoms with Gasteiger partial charge in [-0.15, -0.1) is 11.3 Å². The van der Waals surface area contributed by atoms with Crippen molar-refractivity contribution >= 4 is 17.1 Å². The fraction of sp³-hybridized carbons (Fsp3) is 0.167. The Hall–Kier alpha value is -1.75. The zero-order valence-corrected chi connectivity index (χ0v) is 9.96. The average Bonchev–Trinajstić information content (AvgIpc) is 2.81. The fourth-order valence-corrected chi connectivity index (χ4v) is 2.04. The number of thiazole rings is 1. The van der Waals surface area contributed by atoms with Crippen molar-refractivity contribution < 1.29 is 13.9 Å². The molecule has 5 heteroatoms. The van der Waals surface area contributed by atoms with Crippen LogP contribution in [0.3, 0.4) is 0 Å². The van der Waals surface area contributed by atoms with Gasteiger partial charge in [0.1, 0.15) is 16.6 Å². The Bertz CT molecular complexity index is 525. The summed E-state index contributed by atoms with van der Waals surface area (Å²) >= 11 is 1.38. The standard InChI is InChI=1S/C12H10FNO2S/c1-16-8-2-3-9(10(13)6-8)11(15)7-12-14-4-5-17-12/h2-6H,7H2,1H3. The Labute approximate surface area is 102 Å². The van der Waals surface area contributed by atoms with Crippen LogP contribution in [0.4, 0.5) is 4.39 Å². The second kappa shape index (κ2) is 5.05. The maximum atomic E-state index is 13.6. The maximum absolute atomic E-state index is 13.6. The highest BCUT2D eigenvalue weighted by atomic mass is 32.1. The first-order valence-electron chi connectivity index (χ1n) is 4.96. The molecule has 17 heavy (non-hydrogen) atoms. The Morgan fingerprint density at radius 3 is 2.94 bits per heavy atom. The number of benzene rings is 1. The number of carbonyl (C=O) groups is 1. The fourth-order valence-electron chi connectivity index (χ4n) is 1.42. The molecule has 0 bridgehead atoms. The molecule has 1 heterocycles. The summed E-state index contributed by atoms with van der Waals surface area (Å²) in [5.74, 6) is -0.445. The topological polar surface area (TPSA) is 39.2 Å². The third kappa shape index (κ3) is 2.68. The number of Topliss-reactive ketones (excluding diaryl/α,β-unsaturated/α-hetero) is 1. The van der Waals surface area contributed by atoms with Crippen LogP contribution in [0.25, 0.3) is 0 Å². The zero-order valence-electron chi connectivity index (χ0n) is 9.14. The summed E-state index contributed by atoms with van der Waals surface area (Å²) in [4.78, 5) is 15.8. The summed E-state index contributed by atoms with van der Waals surface area (Å²) in [5, 5.41) is 2.47. The van der Waals surface area contributed by atoms with Crippen LogP contribution >= 0.6 is 11.3 Å². The number of rotatable bonds is 4. The minimum atomic E-state index is -0.564. The minimum absolute atomic E-state index is 0.0704. The lowest BCUT2D eigenvalue weighted by Crippen LogP contribution is -2.06. The summed E-state index contributed by atoms with van der Waals surface area (Å²) in [7, 11) is 1.45. The molecule has 0 fully saturated rings. The van der Waals surface area contributed by atoms with E-state index in [4.69, 9.17) is 4.74 Å². The molecule has 3 nitrogen and oxygen atoms in total. The number of ether oxygens (including phenoxy) is 1. The molecular formula is C12H10FNO2S.